The zero-order chi connectivity index (χ0) is 11.7. The number of nitrogens with one attached hydrogen (secondary N) is 2. The lowest BCUT2D eigenvalue weighted by Crippen LogP contribution is -2.40. The highest BCUT2D eigenvalue weighted by molar-refractivity contribution is 5.66. The summed E-state index contributed by atoms with van der Waals surface area (Å²) in [6.45, 7) is 3.89. The number of nitrogens with zero attached hydrogens (tertiary/aromatic N) is 1. The van der Waals surface area contributed by atoms with Crippen LogP contribution in [0.25, 0.3) is 0 Å². The van der Waals surface area contributed by atoms with Crippen LogP contribution >= 0.6 is 0 Å². The second kappa shape index (κ2) is 7.86. The van der Waals surface area contributed by atoms with Gasteiger partial charge in [0.1, 0.15) is 0 Å². The summed E-state index contributed by atoms with van der Waals surface area (Å²) < 4.78 is 0. The van der Waals surface area contributed by atoms with E-state index in [4.69, 9.17) is 10.2 Å². The van der Waals surface area contributed by atoms with Crippen LogP contribution in [0.15, 0.2) is 0 Å². The molecule has 0 aliphatic rings. The van der Waals surface area contributed by atoms with Gasteiger partial charge in [0, 0.05) is 26.2 Å². The maximum Gasteiger partial charge on any atom is 0.407 e. The fourth-order valence-corrected chi connectivity index (χ4v) is 0.992. The van der Waals surface area contributed by atoms with Gasteiger partial charge in [-0.1, -0.05) is 6.92 Å². The van der Waals surface area contributed by atoms with Crippen molar-refractivity contribution in [3.8, 4) is 0 Å². The van der Waals surface area contributed by atoms with E-state index in [1.165, 1.54) is 4.90 Å². The largest absolute Gasteiger partial charge is 0.465 e. The third-order valence-corrected chi connectivity index (χ3v) is 1.74. The SMILES string of the molecule is CCNCCN(CCNC(=O)O)C(=O)O. The molecule has 0 fully saturated rings. The van der Waals surface area contributed by atoms with Crippen LogP contribution in [0, 0.1) is 0 Å². The van der Waals surface area contributed by atoms with E-state index in [1.54, 1.807) is 0 Å². The van der Waals surface area contributed by atoms with Crippen LogP contribution in [0.1, 0.15) is 6.92 Å². The van der Waals surface area contributed by atoms with Gasteiger partial charge in [-0.15, -0.1) is 0 Å². The minimum atomic E-state index is -1.15. The van der Waals surface area contributed by atoms with Crippen molar-refractivity contribution in [2.24, 2.45) is 0 Å². The van der Waals surface area contributed by atoms with Gasteiger partial charge in [-0.05, 0) is 6.54 Å². The van der Waals surface area contributed by atoms with Gasteiger partial charge < -0.3 is 25.7 Å². The molecule has 0 atom stereocenters. The Bertz CT molecular complexity index is 210. The molecule has 88 valence electrons. The van der Waals surface area contributed by atoms with Crippen molar-refractivity contribution in [2.45, 2.75) is 6.92 Å². The molecule has 0 heterocycles. The molecule has 0 aromatic heterocycles. The quantitative estimate of drug-likeness (QED) is 0.446. The first kappa shape index (κ1) is 13.5. The topological polar surface area (TPSA) is 102 Å². The van der Waals surface area contributed by atoms with Crippen LogP contribution in [-0.2, 0) is 0 Å². The molecule has 0 rings (SSSR count). The summed E-state index contributed by atoms with van der Waals surface area (Å²) in [5.41, 5.74) is 0. The average Bonchev–Trinajstić information content (AvgIpc) is 2.15. The summed E-state index contributed by atoms with van der Waals surface area (Å²) in [5, 5.41) is 22.2. The highest BCUT2D eigenvalue weighted by Crippen LogP contribution is 1.87. The fraction of sp³-hybridized carbons (Fsp3) is 0.750. The van der Waals surface area contributed by atoms with Gasteiger partial charge in [0.25, 0.3) is 0 Å². The predicted molar refractivity (Wildman–Crippen MR) is 54.2 cm³/mol. The summed E-state index contributed by atoms with van der Waals surface area (Å²) in [6.07, 6.45) is -2.19. The zero-order valence-electron chi connectivity index (χ0n) is 8.69. The number of hydrogen-bond acceptors (Lipinski definition) is 3. The first-order valence-corrected chi connectivity index (χ1v) is 4.73. The lowest BCUT2D eigenvalue weighted by molar-refractivity contribution is 0.144. The minimum Gasteiger partial charge on any atom is -0.465 e. The lowest BCUT2D eigenvalue weighted by Gasteiger charge is -2.18. The van der Waals surface area contributed by atoms with Crippen molar-refractivity contribution in [2.75, 3.05) is 32.7 Å². The van der Waals surface area contributed by atoms with Gasteiger partial charge in [-0.25, -0.2) is 9.59 Å². The first-order chi connectivity index (χ1) is 7.07. The lowest BCUT2D eigenvalue weighted by atomic mass is 10.4. The Morgan fingerprint density at radius 3 is 2.27 bits per heavy atom. The molecule has 0 aliphatic heterocycles. The van der Waals surface area contributed by atoms with E-state index < -0.39 is 12.2 Å². The molecule has 15 heavy (non-hydrogen) atoms. The van der Waals surface area contributed by atoms with Gasteiger partial charge in [-0.3, -0.25) is 0 Å². The van der Waals surface area contributed by atoms with Crippen molar-refractivity contribution >= 4 is 12.2 Å². The molecule has 0 bridgehead atoms. The third kappa shape index (κ3) is 7.56. The van der Waals surface area contributed by atoms with E-state index in [0.717, 1.165) is 6.54 Å². The Labute approximate surface area is 88.1 Å². The van der Waals surface area contributed by atoms with Crippen LogP contribution < -0.4 is 10.6 Å². The molecule has 0 unspecified atom stereocenters. The number of rotatable bonds is 7. The van der Waals surface area contributed by atoms with E-state index in [1.807, 2.05) is 6.92 Å². The highest BCUT2D eigenvalue weighted by atomic mass is 16.4. The molecule has 7 heteroatoms. The molecule has 0 aromatic carbocycles. The van der Waals surface area contributed by atoms with Crippen molar-refractivity contribution in [3.63, 3.8) is 0 Å². The Hall–Kier alpha value is -1.50. The fourth-order valence-electron chi connectivity index (χ4n) is 0.992. The molecular weight excluding hydrogens is 202 g/mol. The molecule has 7 nitrogen and oxygen atoms in total. The van der Waals surface area contributed by atoms with Crippen molar-refractivity contribution in [1.29, 1.82) is 0 Å². The van der Waals surface area contributed by atoms with Gasteiger partial charge in [0.2, 0.25) is 0 Å². The normalized spacial score (nSPS) is 9.67. The second-order valence-electron chi connectivity index (χ2n) is 2.86. The van der Waals surface area contributed by atoms with Crippen molar-refractivity contribution in [3.05, 3.63) is 0 Å². The summed E-state index contributed by atoms with van der Waals surface area (Å²) in [4.78, 5) is 22.0. The van der Waals surface area contributed by atoms with E-state index in [2.05, 4.69) is 10.6 Å². The molecule has 0 radical (unpaired) electrons. The molecule has 4 N–H and O–H groups in total. The minimum absolute atomic E-state index is 0.105. The third-order valence-electron chi connectivity index (χ3n) is 1.74. The van der Waals surface area contributed by atoms with E-state index in [-0.39, 0.29) is 13.1 Å². The van der Waals surface area contributed by atoms with Crippen LogP contribution in [0.3, 0.4) is 0 Å². The molecule has 0 saturated carbocycles. The molecule has 0 aromatic rings. The first-order valence-electron chi connectivity index (χ1n) is 4.73. The summed E-state index contributed by atoms with van der Waals surface area (Å²) in [5.74, 6) is 0. The molecule has 2 amide bonds. The van der Waals surface area contributed by atoms with Crippen LogP contribution in [0.5, 0.6) is 0 Å². The summed E-state index contributed by atoms with van der Waals surface area (Å²) >= 11 is 0. The van der Waals surface area contributed by atoms with Crippen molar-refractivity contribution < 1.29 is 19.8 Å². The number of likely N-dealkylation sites (N-methyl/N-ethyl adjacent to an activating group) is 1. The van der Waals surface area contributed by atoms with Crippen LogP contribution in [0.4, 0.5) is 9.59 Å². The number of amides is 2. The summed E-state index contributed by atoms with van der Waals surface area (Å²) in [7, 11) is 0. The Morgan fingerprint density at radius 2 is 1.80 bits per heavy atom. The van der Waals surface area contributed by atoms with Crippen LogP contribution in [0.2, 0.25) is 0 Å². The average molecular weight is 219 g/mol. The zero-order valence-corrected chi connectivity index (χ0v) is 8.69. The molecule has 0 saturated heterocycles. The van der Waals surface area contributed by atoms with E-state index in [9.17, 15) is 9.59 Å². The Kier molecular flexibility index (Phi) is 7.08. The molecular formula is C8H17N3O4. The smallest absolute Gasteiger partial charge is 0.407 e. The van der Waals surface area contributed by atoms with Gasteiger partial charge in [-0.2, -0.15) is 0 Å². The number of carbonyl (C=O) groups is 2. The molecule has 0 spiro atoms. The Balaban J connectivity index is 3.73. The second-order valence-corrected chi connectivity index (χ2v) is 2.86. The van der Waals surface area contributed by atoms with E-state index >= 15 is 0 Å². The maximum atomic E-state index is 10.7. The Morgan fingerprint density at radius 1 is 1.20 bits per heavy atom. The highest BCUT2D eigenvalue weighted by Gasteiger charge is 2.10. The van der Waals surface area contributed by atoms with Crippen LogP contribution in [-0.4, -0.2) is 60.0 Å². The predicted octanol–water partition coefficient (Wildman–Crippen LogP) is -0.156. The van der Waals surface area contributed by atoms with Gasteiger partial charge in [0.15, 0.2) is 0 Å². The maximum absolute atomic E-state index is 10.7. The molecule has 0 aliphatic carbocycles. The monoisotopic (exact) mass is 219 g/mol. The van der Waals surface area contributed by atoms with E-state index in [0.29, 0.717) is 13.1 Å². The number of hydrogen-bond donors (Lipinski definition) is 4. The number of carboxylic acid groups (broad SMARTS) is 2. The van der Waals surface area contributed by atoms with Gasteiger partial charge >= 0.3 is 12.2 Å². The standard InChI is InChI=1S/C8H17N3O4/c1-2-9-3-5-11(8(14)15)6-4-10-7(12)13/h9-10H,2-6H2,1H3,(H,12,13)(H,14,15). The van der Waals surface area contributed by atoms with Gasteiger partial charge in [0.05, 0.1) is 0 Å². The summed E-state index contributed by atoms with van der Waals surface area (Å²) in [6, 6.07) is 0. The van der Waals surface area contributed by atoms with Crippen molar-refractivity contribution in [1.82, 2.24) is 15.5 Å².